The molecule has 0 aliphatic carbocycles. The third kappa shape index (κ3) is 5.67. The van der Waals surface area contributed by atoms with Crippen LogP contribution in [0, 0.1) is 0 Å². The molecule has 1 aliphatic heterocycles. The number of hydrogen-bond donors (Lipinski definition) is 1. The van der Waals surface area contributed by atoms with E-state index in [1.165, 1.54) is 5.56 Å². The topological polar surface area (TPSA) is 63.9 Å². The average Bonchev–Trinajstić information content (AvgIpc) is 3.36. The van der Waals surface area contributed by atoms with Gasteiger partial charge in [0.2, 0.25) is 6.79 Å². The Morgan fingerprint density at radius 1 is 0.903 bits per heavy atom. The maximum absolute atomic E-state index is 12.4. The van der Waals surface area contributed by atoms with E-state index in [2.05, 4.69) is 28.4 Å². The van der Waals surface area contributed by atoms with E-state index in [1.54, 1.807) is 6.07 Å². The van der Waals surface area contributed by atoms with Crippen LogP contribution in [0.3, 0.4) is 0 Å². The zero-order valence-corrected chi connectivity index (χ0v) is 18.2. The minimum absolute atomic E-state index is 0.205. The molecule has 1 aliphatic rings. The summed E-state index contributed by atoms with van der Waals surface area (Å²) in [6.45, 7) is 8.13. The smallest absolute Gasteiger partial charge is 0.287 e. The van der Waals surface area contributed by atoms with Crippen molar-refractivity contribution >= 4 is 5.91 Å². The molecule has 6 heteroatoms. The lowest BCUT2D eigenvalue weighted by Gasteiger charge is -2.22. The van der Waals surface area contributed by atoms with Gasteiger partial charge in [0.05, 0.1) is 6.54 Å². The van der Waals surface area contributed by atoms with Gasteiger partial charge in [0.15, 0.2) is 17.3 Å². The van der Waals surface area contributed by atoms with E-state index in [4.69, 9.17) is 13.9 Å². The first-order valence-electron chi connectivity index (χ1n) is 10.4. The summed E-state index contributed by atoms with van der Waals surface area (Å²) in [5.41, 5.74) is 2.01. The van der Waals surface area contributed by atoms with Crippen LogP contribution < -0.4 is 14.8 Å². The van der Waals surface area contributed by atoms with Gasteiger partial charge < -0.3 is 19.2 Å². The van der Waals surface area contributed by atoms with E-state index in [9.17, 15) is 4.79 Å². The van der Waals surface area contributed by atoms with Gasteiger partial charge in [0.25, 0.3) is 5.91 Å². The molecule has 2 heterocycles. The summed E-state index contributed by atoms with van der Waals surface area (Å²) in [6, 6.07) is 19.9. The molecule has 0 saturated carbocycles. The number of rotatable bonds is 7. The summed E-state index contributed by atoms with van der Waals surface area (Å²) in [5.74, 6) is 2.42. The first-order chi connectivity index (χ1) is 14.9. The van der Waals surface area contributed by atoms with Crippen molar-refractivity contribution in [3.63, 3.8) is 0 Å². The molecule has 4 rings (SSSR count). The molecule has 1 aromatic heterocycles. The third-order valence-corrected chi connectivity index (χ3v) is 4.85. The minimum atomic E-state index is -0.317. The van der Waals surface area contributed by atoms with Gasteiger partial charge in [-0.25, -0.2) is 0 Å². The van der Waals surface area contributed by atoms with Gasteiger partial charge in [-0.1, -0.05) is 36.4 Å². The summed E-state index contributed by atoms with van der Waals surface area (Å²) in [5, 5.41) is 2.93. The normalized spacial score (nSPS) is 12.9. The molecule has 0 atom stereocenters. The molecule has 0 spiro atoms. The Hall–Kier alpha value is -3.25. The summed E-state index contributed by atoms with van der Waals surface area (Å²) in [6.07, 6.45) is 0. The number of benzene rings is 2. The molecule has 162 valence electrons. The summed E-state index contributed by atoms with van der Waals surface area (Å²) < 4.78 is 16.8. The van der Waals surface area contributed by atoms with E-state index in [0.29, 0.717) is 18.8 Å². The van der Waals surface area contributed by atoms with Crippen LogP contribution in [0.15, 0.2) is 65.1 Å². The van der Waals surface area contributed by atoms with Crippen LogP contribution in [-0.2, 0) is 19.6 Å². The van der Waals surface area contributed by atoms with Crippen molar-refractivity contribution in [1.29, 1.82) is 0 Å². The number of carbonyl (C=O) groups excluding carboxylic acids is 1. The molecule has 2 aromatic carbocycles. The Balaban J connectivity index is 1.50. The maximum Gasteiger partial charge on any atom is 0.287 e. The van der Waals surface area contributed by atoms with Crippen LogP contribution in [0.1, 0.15) is 48.2 Å². The predicted molar refractivity (Wildman–Crippen MR) is 118 cm³/mol. The lowest BCUT2D eigenvalue weighted by Crippen LogP contribution is -2.40. The van der Waals surface area contributed by atoms with Gasteiger partial charge in [0.1, 0.15) is 5.76 Å². The highest BCUT2D eigenvalue weighted by molar-refractivity contribution is 5.91. The number of amides is 1. The third-order valence-electron chi connectivity index (χ3n) is 4.85. The van der Waals surface area contributed by atoms with E-state index < -0.39 is 0 Å². The van der Waals surface area contributed by atoms with Crippen LogP contribution in [0.2, 0.25) is 0 Å². The number of fused-ring (bicyclic) bond motifs is 1. The quantitative estimate of drug-likeness (QED) is 0.598. The molecule has 3 aromatic rings. The first-order valence-corrected chi connectivity index (χ1v) is 10.4. The fourth-order valence-electron chi connectivity index (χ4n) is 3.51. The molecule has 0 bridgehead atoms. The van der Waals surface area contributed by atoms with Gasteiger partial charge in [-0.05, 0) is 56.2 Å². The SMILES string of the molecule is CC(C)(C)NC(=O)c1ccc(CN(Cc2ccccc2)Cc2ccc3c(c2)OCO3)o1. The molecule has 1 N–H and O–H groups in total. The molecule has 1 amide bonds. The molecule has 0 fully saturated rings. The molecule has 6 nitrogen and oxygen atoms in total. The number of nitrogens with zero attached hydrogens (tertiary/aromatic N) is 1. The van der Waals surface area contributed by atoms with Crippen molar-refractivity contribution in [3.8, 4) is 11.5 Å². The number of furan rings is 1. The van der Waals surface area contributed by atoms with Gasteiger partial charge >= 0.3 is 0 Å². The second-order valence-corrected chi connectivity index (χ2v) is 8.79. The maximum atomic E-state index is 12.4. The van der Waals surface area contributed by atoms with Crippen LogP contribution in [0.5, 0.6) is 11.5 Å². The Morgan fingerprint density at radius 3 is 2.42 bits per heavy atom. The number of carbonyl (C=O) groups is 1. The second kappa shape index (κ2) is 8.86. The Morgan fingerprint density at radius 2 is 1.65 bits per heavy atom. The van der Waals surface area contributed by atoms with E-state index in [-0.39, 0.29) is 18.2 Å². The first kappa shape index (κ1) is 21.0. The van der Waals surface area contributed by atoms with Gasteiger partial charge in [-0.3, -0.25) is 9.69 Å². The van der Waals surface area contributed by atoms with E-state index in [1.807, 2.05) is 57.2 Å². The molecular formula is C25H28N2O4. The van der Waals surface area contributed by atoms with Gasteiger partial charge in [-0.15, -0.1) is 0 Å². The Labute approximate surface area is 182 Å². The molecule has 0 saturated heterocycles. The van der Waals surface area contributed by atoms with Crippen molar-refractivity contribution in [2.45, 2.75) is 45.9 Å². The van der Waals surface area contributed by atoms with Gasteiger partial charge in [0, 0.05) is 18.6 Å². The second-order valence-electron chi connectivity index (χ2n) is 8.79. The fourth-order valence-corrected chi connectivity index (χ4v) is 3.51. The summed E-state index contributed by atoms with van der Waals surface area (Å²) in [4.78, 5) is 14.7. The molecule has 0 unspecified atom stereocenters. The zero-order valence-electron chi connectivity index (χ0n) is 18.2. The van der Waals surface area contributed by atoms with Crippen LogP contribution >= 0.6 is 0 Å². The Bertz CT molecular complexity index is 1040. The van der Waals surface area contributed by atoms with E-state index in [0.717, 1.165) is 29.4 Å². The number of hydrogen-bond acceptors (Lipinski definition) is 5. The van der Waals surface area contributed by atoms with Crippen molar-refractivity contribution in [2.75, 3.05) is 6.79 Å². The van der Waals surface area contributed by atoms with Crippen molar-refractivity contribution < 1.29 is 18.7 Å². The van der Waals surface area contributed by atoms with Gasteiger partial charge in [-0.2, -0.15) is 0 Å². The van der Waals surface area contributed by atoms with Crippen LogP contribution in [0.4, 0.5) is 0 Å². The fraction of sp³-hybridized carbons (Fsp3) is 0.320. The summed E-state index contributed by atoms with van der Waals surface area (Å²) >= 11 is 0. The summed E-state index contributed by atoms with van der Waals surface area (Å²) in [7, 11) is 0. The zero-order chi connectivity index (χ0) is 21.8. The van der Waals surface area contributed by atoms with Crippen LogP contribution in [0.25, 0.3) is 0 Å². The van der Waals surface area contributed by atoms with E-state index >= 15 is 0 Å². The molecular weight excluding hydrogens is 392 g/mol. The highest BCUT2D eigenvalue weighted by atomic mass is 16.7. The Kier molecular flexibility index (Phi) is 6.00. The minimum Gasteiger partial charge on any atom is -0.455 e. The van der Waals surface area contributed by atoms with Crippen molar-refractivity contribution in [2.24, 2.45) is 0 Å². The number of nitrogens with one attached hydrogen (secondary N) is 1. The standard InChI is InChI=1S/C25H28N2O4/c1-25(2,3)26-24(28)22-12-10-20(31-22)16-27(14-18-7-5-4-6-8-18)15-19-9-11-21-23(13-19)30-17-29-21/h4-13H,14-17H2,1-3H3,(H,26,28). The van der Waals surface area contributed by atoms with Crippen molar-refractivity contribution in [1.82, 2.24) is 10.2 Å². The predicted octanol–water partition coefficient (Wildman–Crippen LogP) is 4.74. The highest BCUT2D eigenvalue weighted by Gasteiger charge is 2.20. The van der Waals surface area contributed by atoms with Crippen LogP contribution in [-0.4, -0.2) is 23.1 Å². The largest absolute Gasteiger partial charge is 0.455 e. The monoisotopic (exact) mass is 420 g/mol. The average molecular weight is 421 g/mol. The molecule has 0 radical (unpaired) electrons. The van der Waals surface area contributed by atoms with Crippen molar-refractivity contribution in [3.05, 3.63) is 83.3 Å². The lowest BCUT2D eigenvalue weighted by molar-refractivity contribution is 0.0886. The molecule has 31 heavy (non-hydrogen) atoms. The number of ether oxygens (including phenoxy) is 2. The lowest BCUT2D eigenvalue weighted by atomic mass is 10.1. The highest BCUT2D eigenvalue weighted by Crippen LogP contribution is 2.33.